The minimum Gasteiger partial charge on any atom is -0.356 e. The van der Waals surface area contributed by atoms with Gasteiger partial charge in [0.1, 0.15) is 0 Å². The van der Waals surface area contributed by atoms with Crippen LogP contribution in [0.3, 0.4) is 0 Å². The van der Waals surface area contributed by atoms with E-state index in [1.165, 1.54) is 0 Å². The first-order valence-corrected chi connectivity index (χ1v) is 9.67. The number of benzene rings is 4. The van der Waals surface area contributed by atoms with Crippen molar-refractivity contribution in [1.29, 1.82) is 0 Å². The summed E-state index contributed by atoms with van der Waals surface area (Å²) in [5, 5.41) is 12.3. The van der Waals surface area contributed by atoms with Gasteiger partial charge in [0.25, 0.3) is 0 Å². The quantitative estimate of drug-likeness (QED) is 0.290. The molecule has 4 aromatic carbocycles. The number of anilines is 6. The van der Waals surface area contributed by atoms with Gasteiger partial charge in [-0.2, -0.15) is 0 Å². The van der Waals surface area contributed by atoms with Crippen molar-refractivity contribution >= 4 is 40.2 Å². The molecule has 0 aromatic heterocycles. The highest BCUT2D eigenvalue weighted by Crippen LogP contribution is 2.20. The molecule has 0 heterocycles. The lowest BCUT2D eigenvalue weighted by atomic mass is 10.2. The average molecular weight is 394 g/mol. The van der Waals surface area contributed by atoms with E-state index in [-0.39, 0.29) is 6.03 Å². The molecule has 4 N–H and O–H groups in total. The van der Waals surface area contributed by atoms with Gasteiger partial charge in [-0.1, -0.05) is 36.4 Å². The Morgan fingerprint density at radius 2 is 0.700 bits per heavy atom. The predicted molar refractivity (Wildman–Crippen MR) is 125 cm³/mol. The van der Waals surface area contributed by atoms with E-state index in [4.69, 9.17) is 0 Å². The van der Waals surface area contributed by atoms with Gasteiger partial charge in [-0.3, -0.25) is 0 Å². The summed E-state index contributed by atoms with van der Waals surface area (Å²) in [5.74, 6) is 0. The molecule has 0 saturated carbocycles. The van der Waals surface area contributed by atoms with Gasteiger partial charge < -0.3 is 21.3 Å². The first kappa shape index (κ1) is 19.1. The van der Waals surface area contributed by atoms with Crippen LogP contribution in [0, 0.1) is 0 Å². The third-order valence-corrected chi connectivity index (χ3v) is 4.41. The maximum Gasteiger partial charge on any atom is 0.323 e. The van der Waals surface area contributed by atoms with E-state index >= 15 is 0 Å². The fraction of sp³-hybridized carbons (Fsp3) is 0. The molecule has 0 atom stereocenters. The van der Waals surface area contributed by atoms with Gasteiger partial charge in [0.2, 0.25) is 0 Å². The molecule has 0 aliphatic heterocycles. The van der Waals surface area contributed by atoms with Crippen LogP contribution in [0.25, 0.3) is 0 Å². The van der Waals surface area contributed by atoms with Crippen molar-refractivity contribution < 1.29 is 4.79 Å². The Hall–Kier alpha value is -4.25. The summed E-state index contributed by atoms with van der Waals surface area (Å²) in [6, 6.07) is 34.7. The number of carbonyl (C=O) groups excluding carboxylic acids is 1. The number of nitrogens with one attached hydrogen (secondary N) is 4. The Balaban J connectivity index is 1.30. The largest absolute Gasteiger partial charge is 0.356 e. The van der Waals surface area contributed by atoms with E-state index in [9.17, 15) is 4.79 Å². The molecule has 0 bridgehead atoms. The van der Waals surface area contributed by atoms with Gasteiger partial charge in [0.05, 0.1) is 0 Å². The van der Waals surface area contributed by atoms with E-state index < -0.39 is 0 Å². The van der Waals surface area contributed by atoms with Crippen LogP contribution in [0.4, 0.5) is 38.9 Å². The Morgan fingerprint density at radius 1 is 0.400 bits per heavy atom. The molecule has 5 nitrogen and oxygen atoms in total. The number of carbonyl (C=O) groups is 1. The highest BCUT2D eigenvalue weighted by molar-refractivity contribution is 6.00. The molecular formula is C25H22N4O. The fourth-order valence-corrected chi connectivity index (χ4v) is 2.94. The Kier molecular flexibility index (Phi) is 5.91. The third-order valence-electron chi connectivity index (χ3n) is 4.41. The van der Waals surface area contributed by atoms with Gasteiger partial charge in [-0.05, 0) is 72.8 Å². The molecule has 2 amide bonds. The highest BCUT2D eigenvalue weighted by atomic mass is 16.2. The van der Waals surface area contributed by atoms with Crippen LogP contribution in [0.1, 0.15) is 0 Å². The van der Waals surface area contributed by atoms with Gasteiger partial charge >= 0.3 is 6.03 Å². The van der Waals surface area contributed by atoms with Crippen LogP contribution in [0.15, 0.2) is 109 Å². The third kappa shape index (κ3) is 5.39. The maximum atomic E-state index is 12.3. The smallest absolute Gasteiger partial charge is 0.323 e. The van der Waals surface area contributed by atoms with Gasteiger partial charge in [0.15, 0.2) is 0 Å². The van der Waals surface area contributed by atoms with Crippen molar-refractivity contribution in [3.05, 3.63) is 109 Å². The zero-order valence-electron chi connectivity index (χ0n) is 16.3. The van der Waals surface area contributed by atoms with Crippen molar-refractivity contribution in [2.24, 2.45) is 0 Å². The van der Waals surface area contributed by atoms with E-state index in [0.29, 0.717) is 11.4 Å². The fourth-order valence-electron chi connectivity index (χ4n) is 2.94. The summed E-state index contributed by atoms with van der Waals surface area (Å²) in [4.78, 5) is 12.3. The topological polar surface area (TPSA) is 65.2 Å². The zero-order valence-corrected chi connectivity index (χ0v) is 16.3. The second-order valence-electron chi connectivity index (χ2n) is 6.72. The Labute approximate surface area is 175 Å². The molecule has 0 unspecified atom stereocenters. The molecule has 0 radical (unpaired) electrons. The number of para-hydroxylation sites is 2. The molecule has 5 heteroatoms. The molecule has 0 aliphatic rings. The molecule has 30 heavy (non-hydrogen) atoms. The van der Waals surface area contributed by atoms with E-state index in [1.807, 2.05) is 109 Å². The predicted octanol–water partition coefficient (Wildman–Crippen LogP) is 6.82. The first-order valence-electron chi connectivity index (χ1n) is 9.67. The van der Waals surface area contributed by atoms with Crippen molar-refractivity contribution in [1.82, 2.24) is 0 Å². The van der Waals surface area contributed by atoms with E-state index in [0.717, 1.165) is 22.7 Å². The zero-order chi connectivity index (χ0) is 20.6. The Bertz CT molecular complexity index is 991. The summed E-state index contributed by atoms with van der Waals surface area (Å²) in [6.07, 6.45) is 0. The molecule has 4 rings (SSSR count). The molecule has 4 aromatic rings. The first-order chi connectivity index (χ1) is 14.7. The lowest BCUT2D eigenvalue weighted by molar-refractivity contribution is 0.262. The standard InChI is InChI=1S/C25H22N4O/c30-25(28-23-15-11-21(12-16-23)26-19-7-3-1-4-8-19)29-24-17-13-22(14-18-24)27-20-9-5-2-6-10-20/h1-18,26-27H,(H2,28,29,30). The number of amides is 2. The number of hydrogen-bond acceptors (Lipinski definition) is 3. The second-order valence-corrected chi connectivity index (χ2v) is 6.72. The number of rotatable bonds is 6. The van der Waals surface area contributed by atoms with Crippen LogP contribution in [0.5, 0.6) is 0 Å². The van der Waals surface area contributed by atoms with Crippen molar-refractivity contribution in [2.45, 2.75) is 0 Å². The normalized spacial score (nSPS) is 10.1. The number of urea groups is 1. The molecule has 0 saturated heterocycles. The molecule has 148 valence electrons. The highest BCUT2D eigenvalue weighted by Gasteiger charge is 2.04. The van der Waals surface area contributed by atoms with Gasteiger partial charge in [-0.15, -0.1) is 0 Å². The van der Waals surface area contributed by atoms with Crippen molar-refractivity contribution in [2.75, 3.05) is 21.3 Å². The Morgan fingerprint density at radius 3 is 1.07 bits per heavy atom. The summed E-state index contributed by atoms with van der Waals surface area (Å²) < 4.78 is 0. The summed E-state index contributed by atoms with van der Waals surface area (Å²) in [5.41, 5.74) is 5.37. The molecule has 0 fully saturated rings. The van der Waals surface area contributed by atoms with Crippen LogP contribution in [-0.2, 0) is 0 Å². The van der Waals surface area contributed by atoms with Crippen LogP contribution >= 0.6 is 0 Å². The average Bonchev–Trinajstić information content (AvgIpc) is 2.78. The number of hydrogen-bond donors (Lipinski definition) is 4. The van der Waals surface area contributed by atoms with E-state index in [1.54, 1.807) is 0 Å². The van der Waals surface area contributed by atoms with Crippen LogP contribution < -0.4 is 21.3 Å². The summed E-state index contributed by atoms with van der Waals surface area (Å²) in [6.45, 7) is 0. The summed E-state index contributed by atoms with van der Waals surface area (Å²) >= 11 is 0. The van der Waals surface area contributed by atoms with Crippen molar-refractivity contribution in [3.8, 4) is 0 Å². The monoisotopic (exact) mass is 394 g/mol. The summed E-state index contributed by atoms with van der Waals surface area (Å²) in [7, 11) is 0. The second kappa shape index (κ2) is 9.30. The van der Waals surface area contributed by atoms with Crippen LogP contribution in [0.2, 0.25) is 0 Å². The van der Waals surface area contributed by atoms with Crippen LogP contribution in [-0.4, -0.2) is 6.03 Å². The van der Waals surface area contributed by atoms with E-state index in [2.05, 4.69) is 21.3 Å². The molecule has 0 spiro atoms. The SMILES string of the molecule is O=C(Nc1ccc(Nc2ccccc2)cc1)Nc1ccc(Nc2ccccc2)cc1. The van der Waals surface area contributed by atoms with Gasteiger partial charge in [0, 0.05) is 34.1 Å². The molecular weight excluding hydrogens is 372 g/mol. The lowest BCUT2D eigenvalue weighted by Crippen LogP contribution is -2.19. The van der Waals surface area contributed by atoms with Gasteiger partial charge in [-0.25, -0.2) is 4.79 Å². The lowest BCUT2D eigenvalue weighted by Gasteiger charge is -2.11. The minimum absolute atomic E-state index is 0.289. The molecule has 0 aliphatic carbocycles. The minimum atomic E-state index is -0.289. The van der Waals surface area contributed by atoms with Crippen molar-refractivity contribution in [3.63, 3.8) is 0 Å². The maximum absolute atomic E-state index is 12.3.